The smallest absolute Gasteiger partial charge is 0.365 e. The van der Waals surface area contributed by atoms with Crippen LogP contribution >= 0.6 is 0 Å². The molecule has 3 aliphatic carbocycles. The summed E-state index contributed by atoms with van der Waals surface area (Å²) in [6, 6.07) is 16.9. The Morgan fingerprint density at radius 3 is 2.60 bits per heavy atom. The highest BCUT2D eigenvalue weighted by molar-refractivity contribution is 5.78. The fraction of sp³-hybridized carbons (Fsp3) is 0.278. The molecule has 0 spiro atoms. The van der Waals surface area contributed by atoms with Crippen LogP contribution in [-0.4, -0.2) is 0 Å². The summed E-state index contributed by atoms with van der Waals surface area (Å²) in [7, 11) is 0. The maximum atomic E-state index is 13.1. The predicted octanol–water partition coefficient (Wildman–Crippen LogP) is 9.62. The maximum Gasteiger partial charge on any atom is 0.416 e. The topological polar surface area (TPSA) is 12.0 Å². The lowest BCUT2D eigenvalue weighted by atomic mass is 9.73. The van der Waals surface area contributed by atoms with Crippen LogP contribution in [0.2, 0.25) is 0 Å². The molecule has 0 saturated carbocycles. The summed E-state index contributed by atoms with van der Waals surface area (Å²) in [5.41, 5.74) is 12.4. The Morgan fingerprint density at radius 2 is 1.77 bits per heavy atom. The van der Waals surface area contributed by atoms with Gasteiger partial charge >= 0.3 is 6.18 Å². The van der Waals surface area contributed by atoms with Gasteiger partial charge in [-0.3, -0.25) is 0 Å². The van der Waals surface area contributed by atoms with Crippen LogP contribution in [0.1, 0.15) is 70.5 Å². The molecule has 0 radical (unpaired) electrons. The Kier molecular flexibility index (Phi) is 7.27. The Hall–Kier alpha value is -3.79. The number of allylic oxidation sites excluding steroid dienone is 6. The van der Waals surface area contributed by atoms with Gasteiger partial charge in [0.1, 0.15) is 0 Å². The molecule has 0 amide bonds. The lowest BCUT2D eigenvalue weighted by Crippen LogP contribution is -2.16. The Balaban J connectivity index is 0.000000271. The molecule has 3 aromatic rings. The van der Waals surface area contributed by atoms with Crippen LogP contribution in [0.15, 0.2) is 96.4 Å². The third-order valence-electron chi connectivity index (χ3n) is 8.50. The van der Waals surface area contributed by atoms with Gasteiger partial charge in [-0.25, -0.2) is 0 Å². The number of aryl methyl sites for hydroxylation is 2. The van der Waals surface area contributed by atoms with Gasteiger partial charge in [0.05, 0.1) is 5.56 Å². The first-order valence-corrected chi connectivity index (χ1v) is 14.3. The van der Waals surface area contributed by atoms with Crippen molar-refractivity contribution in [2.45, 2.75) is 64.0 Å². The van der Waals surface area contributed by atoms with Crippen molar-refractivity contribution in [1.82, 2.24) is 5.32 Å². The molecule has 3 aromatic carbocycles. The van der Waals surface area contributed by atoms with Crippen molar-refractivity contribution < 1.29 is 13.2 Å². The van der Waals surface area contributed by atoms with Crippen molar-refractivity contribution in [2.75, 3.05) is 0 Å². The van der Waals surface area contributed by atoms with E-state index >= 15 is 0 Å². The van der Waals surface area contributed by atoms with Crippen molar-refractivity contribution in [1.29, 1.82) is 0 Å². The average Bonchev–Trinajstić information content (AvgIpc) is 3.34. The maximum absolute atomic E-state index is 13.1. The van der Waals surface area contributed by atoms with Crippen molar-refractivity contribution in [3.05, 3.63) is 135 Å². The van der Waals surface area contributed by atoms with E-state index < -0.39 is 11.7 Å². The number of rotatable bonds is 3. The SMILES string of the molecule is C1=CC2=CC=C(CC2)N1.Cc1ccc2c(c1)-c1ccc3c(c1CC2CCc1cccc(C(F)(F)F)c1)CCC=C3. The fourth-order valence-corrected chi connectivity index (χ4v) is 6.37. The molecule has 40 heavy (non-hydrogen) atoms. The first kappa shape index (κ1) is 26.4. The molecule has 1 nitrogen and oxygen atoms in total. The van der Waals surface area contributed by atoms with Gasteiger partial charge in [0.15, 0.2) is 0 Å². The summed E-state index contributed by atoms with van der Waals surface area (Å²) >= 11 is 0. The number of nitrogens with one attached hydrogen (secondary N) is 1. The molecule has 4 heteroatoms. The minimum Gasteiger partial charge on any atom is -0.365 e. The van der Waals surface area contributed by atoms with Gasteiger partial charge in [0.2, 0.25) is 0 Å². The van der Waals surface area contributed by atoms with Crippen LogP contribution in [0.5, 0.6) is 0 Å². The zero-order valence-electron chi connectivity index (χ0n) is 22.8. The van der Waals surface area contributed by atoms with Crippen molar-refractivity contribution in [3.8, 4) is 11.1 Å². The summed E-state index contributed by atoms with van der Waals surface area (Å²) in [6.45, 7) is 2.12. The lowest BCUT2D eigenvalue weighted by Gasteiger charge is -2.31. The zero-order chi connectivity index (χ0) is 27.7. The van der Waals surface area contributed by atoms with Gasteiger partial charge in [-0.1, -0.05) is 72.3 Å². The van der Waals surface area contributed by atoms with Crippen LogP contribution in [0.4, 0.5) is 13.2 Å². The summed E-state index contributed by atoms with van der Waals surface area (Å²) in [5.74, 6) is 0.315. The van der Waals surface area contributed by atoms with Crippen LogP contribution in [0.25, 0.3) is 17.2 Å². The quantitative estimate of drug-likeness (QED) is 0.351. The van der Waals surface area contributed by atoms with Crippen LogP contribution in [0.3, 0.4) is 0 Å². The predicted molar refractivity (Wildman–Crippen MR) is 158 cm³/mol. The molecule has 0 saturated heterocycles. The molecule has 5 aliphatic rings. The third kappa shape index (κ3) is 5.58. The van der Waals surface area contributed by atoms with Crippen LogP contribution < -0.4 is 5.32 Å². The van der Waals surface area contributed by atoms with E-state index in [0.717, 1.165) is 37.3 Å². The molecular formula is C36H34F3N. The number of alkyl halides is 3. The number of benzene rings is 3. The summed E-state index contributed by atoms with van der Waals surface area (Å²) in [5, 5.41) is 3.20. The van der Waals surface area contributed by atoms with E-state index in [4.69, 9.17) is 0 Å². The highest BCUT2D eigenvalue weighted by atomic mass is 19.4. The van der Waals surface area contributed by atoms with E-state index in [2.05, 4.69) is 73.0 Å². The van der Waals surface area contributed by atoms with Crippen molar-refractivity contribution >= 4 is 6.08 Å². The van der Waals surface area contributed by atoms with E-state index in [-0.39, 0.29) is 0 Å². The number of halogens is 3. The fourth-order valence-electron chi connectivity index (χ4n) is 6.37. The first-order chi connectivity index (χ1) is 19.3. The van der Waals surface area contributed by atoms with E-state index in [1.165, 1.54) is 75.2 Å². The van der Waals surface area contributed by atoms with Crippen LogP contribution in [0, 0.1) is 6.92 Å². The minimum absolute atomic E-state index is 0.315. The molecule has 0 fully saturated rings. The van der Waals surface area contributed by atoms with Gasteiger partial charge in [0.25, 0.3) is 0 Å². The largest absolute Gasteiger partial charge is 0.416 e. The molecule has 204 valence electrons. The zero-order valence-corrected chi connectivity index (χ0v) is 22.8. The summed E-state index contributed by atoms with van der Waals surface area (Å²) in [6.07, 6.45) is 15.6. The second kappa shape index (κ2) is 11.0. The second-order valence-corrected chi connectivity index (χ2v) is 11.2. The molecule has 1 N–H and O–H groups in total. The Labute approximate surface area is 234 Å². The Bertz CT molecular complexity index is 1550. The van der Waals surface area contributed by atoms with E-state index in [1.807, 2.05) is 12.3 Å². The van der Waals surface area contributed by atoms with Gasteiger partial charge in [0, 0.05) is 11.9 Å². The number of hydrogen-bond donors (Lipinski definition) is 1. The van der Waals surface area contributed by atoms with Gasteiger partial charge in [-0.15, -0.1) is 0 Å². The monoisotopic (exact) mass is 537 g/mol. The average molecular weight is 538 g/mol. The van der Waals surface area contributed by atoms with Gasteiger partial charge in [-0.2, -0.15) is 13.2 Å². The third-order valence-corrected chi connectivity index (χ3v) is 8.50. The molecule has 2 aliphatic heterocycles. The lowest BCUT2D eigenvalue weighted by molar-refractivity contribution is -0.137. The molecular weight excluding hydrogens is 503 g/mol. The Morgan fingerprint density at radius 1 is 0.875 bits per heavy atom. The minimum atomic E-state index is -4.30. The normalized spacial score (nSPS) is 18.2. The molecule has 8 rings (SSSR count). The molecule has 1 atom stereocenters. The number of hydrogen-bond acceptors (Lipinski definition) is 1. The van der Waals surface area contributed by atoms with E-state index in [0.29, 0.717) is 12.3 Å². The highest BCUT2D eigenvalue weighted by Crippen LogP contribution is 2.45. The van der Waals surface area contributed by atoms with E-state index in [1.54, 1.807) is 0 Å². The molecule has 2 heterocycles. The van der Waals surface area contributed by atoms with Crippen LogP contribution in [-0.2, 0) is 25.4 Å². The summed E-state index contributed by atoms with van der Waals surface area (Å²) < 4.78 is 39.4. The van der Waals surface area contributed by atoms with Crippen molar-refractivity contribution in [2.24, 2.45) is 0 Å². The summed E-state index contributed by atoms with van der Waals surface area (Å²) in [4.78, 5) is 0. The number of fused-ring (bicyclic) bond motifs is 8. The standard InChI is InChI=1S/C28H25F3.C8H9N/c1-18-9-13-24-21(11-10-19-5-4-7-22(16-19)28(29,30)31)17-27-23-8-3-2-6-20(23)12-14-25(27)26(24)15-18;1-3-8-4-2-7(1)5-6-9-8/h2,4-7,9,12-16,21H,3,8,10-11,17H2,1H3;1,3,5-6,9H,2,4H2. The van der Waals surface area contributed by atoms with Gasteiger partial charge in [-0.05, 0) is 121 Å². The first-order valence-electron chi connectivity index (χ1n) is 14.3. The second-order valence-electron chi connectivity index (χ2n) is 11.2. The van der Waals surface area contributed by atoms with Crippen molar-refractivity contribution in [3.63, 3.8) is 0 Å². The highest BCUT2D eigenvalue weighted by Gasteiger charge is 2.31. The van der Waals surface area contributed by atoms with E-state index in [9.17, 15) is 13.2 Å². The molecule has 1 unspecified atom stereocenters. The molecule has 2 bridgehead atoms. The van der Waals surface area contributed by atoms with Gasteiger partial charge < -0.3 is 5.32 Å². The molecule has 0 aromatic heterocycles.